The molecule has 0 spiro atoms. The van der Waals surface area contributed by atoms with Crippen molar-refractivity contribution in [3.8, 4) is 6.07 Å². The molecule has 94 valence electrons. The Bertz CT molecular complexity index is 563. The average molecular weight is 260 g/mol. The third-order valence-corrected chi connectivity index (χ3v) is 3.93. The van der Waals surface area contributed by atoms with E-state index < -0.39 is 0 Å². The summed E-state index contributed by atoms with van der Waals surface area (Å²) in [6.45, 7) is 3.99. The molecular formula is C13H16N4S. The van der Waals surface area contributed by atoms with E-state index in [2.05, 4.69) is 34.9 Å². The van der Waals surface area contributed by atoms with Crippen LogP contribution in [0.3, 0.4) is 0 Å². The van der Waals surface area contributed by atoms with Crippen molar-refractivity contribution in [3.05, 3.63) is 33.6 Å². The van der Waals surface area contributed by atoms with E-state index in [1.54, 1.807) is 16.0 Å². The van der Waals surface area contributed by atoms with Gasteiger partial charge in [0.15, 0.2) is 0 Å². The highest BCUT2D eigenvalue weighted by Crippen LogP contribution is 2.28. The van der Waals surface area contributed by atoms with E-state index in [9.17, 15) is 5.26 Å². The maximum Gasteiger partial charge on any atom is 0.142 e. The van der Waals surface area contributed by atoms with Gasteiger partial charge in [-0.1, -0.05) is 13.0 Å². The minimum Gasteiger partial charge on any atom is -0.362 e. The minimum absolute atomic E-state index is 0.229. The molecule has 1 N–H and O–H groups in total. The number of anilines is 1. The Labute approximate surface area is 111 Å². The lowest BCUT2D eigenvalue weighted by molar-refractivity contribution is 0.712. The predicted molar refractivity (Wildman–Crippen MR) is 73.6 cm³/mol. The molecule has 2 rings (SSSR count). The Balaban J connectivity index is 2.31. The first kappa shape index (κ1) is 12.7. The highest BCUT2D eigenvalue weighted by atomic mass is 32.1. The van der Waals surface area contributed by atoms with E-state index in [1.165, 1.54) is 4.88 Å². The van der Waals surface area contributed by atoms with Crippen LogP contribution in [0.4, 0.5) is 5.82 Å². The van der Waals surface area contributed by atoms with Crippen LogP contribution in [-0.4, -0.2) is 9.78 Å². The standard InChI is InChI=1S/C13H16N4S/c1-4-11(12-6-5-7-18-12)15-13-10(8-14)9(2)16-17(13)3/h5-7,11,15H,4H2,1-3H3. The minimum atomic E-state index is 0.229. The third-order valence-electron chi connectivity index (χ3n) is 2.94. The molecule has 0 fully saturated rings. The van der Waals surface area contributed by atoms with Crippen LogP contribution >= 0.6 is 11.3 Å². The fourth-order valence-corrected chi connectivity index (χ4v) is 2.85. The number of rotatable bonds is 4. The predicted octanol–water partition coefficient (Wildman–Crippen LogP) is 3.22. The number of thiophene rings is 1. The second-order valence-corrected chi connectivity index (χ2v) is 5.14. The summed E-state index contributed by atoms with van der Waals surface area (Å²) in [5.74, 6) is 0.801. The molecule has 2 aromatic heterocycles. The van der Waals surface area contributed by atoms with Gasteiger partial charge in [-0.15, -0.1) is 11.3 Å². The van der Waals surface area contributed by atoms with Gasteiger partial charge in [-0.2, -0.15) is 10.4 Å². The fourth-order valence-electron chi connectivity index (χ4n) is 1.99. The molecule has 4 nitrogen and oxygen atoms in total. The van der Waals surface area contributed by atoms with Crippen LogP contribution in [0.5, 0.6) is 0 Å². The highest BCUT2D eigenvalue weighted by Gasteiger charge is 2.17. The summed E-state index contributed by atoms with van der Waals surface area (Å²) >= 11 is 1.73. The molecule has 0 aliphatic carbocycles. The zero-order valence-electron chi connectivity index (χ0n) is 10.8. The maximum absolute atomic E-state index is 9.19. The molecule has 5 heteroatoms. The molecule has 2 heterocycles. The van der Waals surface area contributed by atoms with Crippen molar-refractivity contribution >= 4 is 17.2 Å². The van der Waals surface area contributed by atoms with E-state index >= 15 is 0 Å². The van der Waals surface area contributed by atoms with Crippen molar-refractivity contribution in [1.29, 1.82) is 5.26 Å². The van der Waals surface area contributed by atoms with Gasteiger partial charge in [0.2, 0.25) is 0 Å². The van der Waals surface area contributed by atoms with Crippen LogP contribution in [-0.2, 0) is 7.05 Å². The van der Waals surface area contributed by atoms with Crippen molar-refractivity contribution in [1.82, 2.24) is 9.78 Å². The first-order valence-corrected chi connectivity index (χ1v) is 6.79. The van der Waals surface area contributed by atoms with Gasteiger partial charge in [-0.05, 0) is 24.8 Å². The summed E-state index contributed by atoms with van der Waals surface area (Å²) in [7, 11) is 1.86. The number of nitrogens with zero attached hydrogens (tertiary/aromatic N) is 3. The van der Waals surface area contributed by atoms with E-state index in [4.69, 9.17) is 0 Å². The largest absolute Gasteiger partial charge is 0.362 e. The van der Waals surface area contributed by atoms with Crippen LogP contribution in [0.25, 0.3) is 0 Å². The third kappa shape index (κ3) is 2.24. The summed E-state index contributed by atoms with van der Waals surface area (Å²) < 4.78 is 1.74. The van der Waals surface area contributed by atoms with Gasteiger partial charge in [0.05, 0.1) is 11.7 Å². The van der Waals surface area contributed by atoms with Crippen LogP contribution in [0.15, 0.2) is 17.5 Å². The second kappa shape index (κ2) is 5.23. The zero-order valence-corrected chi connectivity index (χ0v) is 11.6. The van der Waals surface area contributed by atoms with Gasteiger partial charge in [-0.3, -0.25) is 4.68 Å². The Morgan fingerprint density at radius 2 is 2.39 bits per heavy atom. The van der Waals surface area contributed by atoms with Crippen LogP contribution in [0.2, 0.25) is 0 Å². The molecule has 0 aliphatic heterocycles. The molecule has 0 radical (unpaired) electrons. The molecule has 2 aromatic rings. The van der Waals surface area contributed by atoms with Gasteiger partial charge < -0.3 is 5.32 Å². The number of nitrogens with one attached hydrogen (secondary N) is 1. The first-order valence-electron chi connectivity index (χ1n) is 5.91. The van der Waals surface area contributed by atoms with Crippen LogP contribution in [0.1, 0.15) is 35.5 Å². The quantitative estimate of drug-likeness (QED) is 0.918. The topological polar surface area (TPSA) is 53.6 Å². The summed E-state index contributed by atoms with van der Waals surface area (Å²) in [6, 6.07) is 6.60. The van der Waals surface area contributed by atoms with Crippen molar-refractivity contribution in [3.63, 3.8) is 0 Å². The summed E-state index contributed by atoms with van der Waals surface area (Å²) in [6.07, 6.45) is 0.968. The monoisotopic (exact) mass is 260 g/mol. The smallest absolute Gasteiger partial charge is 0.142 e. The Hall–Kier alpha value is -1.80. The zero-order chi connectivity index (χ0) is 13.1. The lowest BCUT2D eigenvalue weighted by Gasteiger charge is -2.17. The van der Waals surface area contributed by atoms with Crippen molar-refractivity contribution in [2.45, 2.75) is 26.3 Å². The molecule has 0 aromatic carbocycles. The van der Waals surface area contributed by atoms with E-state index in [0.29, 0.717) is 5.56 Å². The number of aromatic nitrogens is 2. The van der Waals surface area contributed by atoms with E-state index in [0.717, 1.165) is 17.9 Å². The van der Waals surface area contributed by atoms with E-state index in [1.807, 2.05) is 20.0 Å². The SMILES string of the molecule is CCC(Nc1c(C#N)c(C)nn1C)c1cccs1. The molecule has 1 unspecified atom stereocenters. The Kier molecular flexibility index (Phi) is 3.68. The molecule has 0 bridgehead atoms. The van der Waals surface area contributed by atoms with Gasteiger partial charge >= 0.3 is 0 Å². The van der Waals surface area contributed by atoms with Crippen molar-refractivity contribution < 1.29 is 0 Å². The summed E-state index contributed by atoms with van der Waals surface area (Å²) in [5.41, 5.74) is 1.40. The summed E-state index contributed by atoms with van der Waals surface area (Å²) in [5, 5.41) is 19.0. The number of aryl methyl sites for hydroxylation is 2. The molecule has 0 saturated carbocycles. The van der Waals surface area contributed by atoms with Crippen molar-refractivity contribution in [2.75, 3.05) is 5.32 Å². The molecule has 0 aliphatic rings. The molecule has 18 heavy (non-hydrogen) atoms. The second-order valence-electron chi connectivity index (χ2n) is 4.17. The number of hydrogen-bond donors (Lipinski definition) is 1. The van der Waals surface area contributed by atoms with Crippen LogP contribution < -0.4 is 5.32 Å². The van der Waals surface area contributed by atoms with Gasteiger partial charge in [0.1, 0.15) is 17.5 Å². The van der Waals surface area contributed by atoms with E-state index in [-0.39, 0.29) is 6.04 Å². The molecule has 0 amide bonds. The normalized spacial score (nSPS) is 12.1. The average Bonchev–Trinajstić information content (AvgIpc) is 2.95. The Morgan fingerprint density at radius 3 is 2.94 bits per heavy atom. The number of nitriles is 1. The first-order chi connectivity index (χ1) is 8.67. The fraction of sp³-hybridized carbons (Fsp3) is 0.385. The highest BCUT2D eigenvalue weighted by molar-refractivity contribution is 7.10. The number of hydrogen-bond acceptors (Lipinski definition) is 4. The summed E-state index contributed by atoms with van der Waals surface area (Å²) in [4.78, 5) is 1.28. The lowest BCUT2D eigenvalue weighted by atomic mass is 10.1. The van der Waals surface area contributed by atoms with Gasteiger partial charge in [-0.25, -0.2) is 0 Å². The maximum atomic E-state index is 9.19. The molecular weight excluding hydrogens is 244 g/mol. The van der Waals surface area contributed by atoms with Gasteiger partial charge in [0, 0.05) is 11.9 Å². The van der Waals surface area contributed by atoms with Crippen LogP contribution in [0, 0.1) is 18.3 Å². The Morgan fingerprint density at radius 1 is 1.61 bits per heavy atom. The molecule has 1 atom stereocenters. The lowest BCUT2D eigenvalue weighted by Crippen LogP contribution is -2.12. The molecule has 0 saturated heterocycles. The van der Waals surface area contributed by atoms with Crippen molar-refractivity contribution in [2.24, 2.45) is 7.05 Å². The van der Waals surface area contributed by atoms with Gasteiger partial charge in [0.25, 0.3) is 0 Å².